The van der Waals surface area contributed by atoms with E-state index in [1.807, 2.05) is 72.8 Å². The molecule has 15 heteroatoms. The number of carboxylic acid groups (broad SMARTS) is 3. The van der Waals surface area contributed by atoms with Crippen LogP contribution < -0.4 is 42.6 Å². The lowest BCUT2D eigenvalue weighted by Crippen LogP contribution is -2.19. The van der Waals surface area contributed by atoms with Crippen LogP contribution in [0.1, 0.15) is 146 Å². The predicted octanol–water partition coefficient (Wildman–Crippen LogP) is 20.8. The van der Waals surface area contributed by atoms with Gasteiger partial charge in [0, 0.05) is 69.3 Å². The van der Waals surface area contributed by atoms with Crippen LogP contribution in [0.15, 0.2) is 218 Å². The van der Waals surface area contributed by atoms with Gasteiger partial charge < -0.3 is 58.0 Å². The summed E-state index contributed by atoms with van der Waals surface area (Å²) in [5.74, 6) is 3.47. The highest BCUT2D eigenvalue weighted by atomic mass is 16.5. The van der Waals surface area contributed by atoms with Gasteiger partial charge in [-0.25, -0.2) is 0 Å². The van der Waals surface area contributed by atoms with Crippen molar-refractivity contribution in [1.29, 1.82) is 0 Å². The zero-order chi connectivity index (χ0) is 74.4. The fourth-order valence-electron chi connectivity index (χ4n) is 12.6. The number of carbonyl (C=O) groups is 3. The first-order valence-corrected chi connectivity index (χ1v) is 36.2. The molecule has 0 spiro atoms. The lowest BCUT2D eigenvalue weighted by molar-refractivity contribution is -0.138. The lowest BCUT2D eigenvalue weighted by atomic mass is 9.87. The Morgan fingerprint density at radius 3 is 0.876 bits per heavy atom. The highest BCUT2D eigenvalue weighted by Gasteiger charge is 2.30. The van der Waals surface area contributed by atoms with E-state index in [2.05, 4.69) is 170 Å². The monoisotopic (exact) mass is 1420 g/mol. The van der Waals surface area contributed by atoms with E-state index in [9.17, 15) is 29.7 Å². The van der Waals surface area contributed by atoms with Gasteiger partial charge in [-0.05, 0) is 145 Å². The number of fused-ring (bicyclic) bond motifs is 3. The summed E-state index contributed by atoms with van der Waals surface area (Å²) in [4.78, 5) is 33.7. The highest BCUT2D eigenvalue weighted by Crippen LogP contribution is 2.44. The maximum Gasteiger partial charge on any atom is 0.304 e. The lowest BCUT2D eigenvalue weighted by Gasteiger charge is -2.27. The van der Waals surface area contributed by atoms with Crippen LogP contribution in [0.2, 0.25) is 0 Å². The molecule has 0 amide bonds. The van der Waals surface area contributed by atoms with Gasteiger partial charge in [-0.2, -0.15) is 0 Å². The minimum Gasteiger partial charge on any atom is -0.493 e. The Morgan fingerprint density at radius 2 is 0.629 bits per heavy atom. The normalized spacial score (nSPS) is 14.7. The van der Waals surface area contributed by atoms with Gasteiger partial charge in [0.2, 0.25) is 0 Å². The molecule has 0 saturated heterocycles. The van der Waals surface area contributed by atoms with Gasteiger partial charge in [0.25, 0.3) is 0 Å². The first kappa shape index (κ1) is 76.4. The van der Waals surface area contributed by atoms with E-state index in [1.165, 1.54) is 16.7 Å². The standard InChI is InChI=1S/3C30H32O5/c3*1-4-5-14-33-28-13-6-20(2)15-27(28)23-9-7-22(8-10-23)19-34-24-11-12-25-26(17-30(31)32)21(3)18-35-29(25)16-24/h3*6-13,15-16,26H,3-5,14,17-19H2,1-2H3,(H,31,32)/t2*26-;/m10./s1. The Kier molecular flexibility index (Phi) is 27.2. The van der Waals surface area contributed by atoms with Crippen molar-refractivity contribution in [3.63, 3.8) is 0 Å². The van der Waals surface area contributed by atoms with Crippen LogP contribution in [0, 0.1) is 20.8 Å². The van der Waals surface area contributed by atoms with Crippen molar-refractivity contribution >= 4 is 17.9 Å². The molecule has 0 radical (unpaired) electrons. The molecule has 3 aliphatic heterocycles. The quantitative estimate of drug-likeness (QED) is 0.0284. The number of ether oxygens (including phenoxy) is 9. The zero-order valence-electron chi connectivity index (χ0n) is 61.1. The molecular weight excluding hydrogens is 1320 g/mol. The molecule has 0 saturated carbocycles. The van der Waals surface area contributed by atoms with Crippen LogP contribution in [0.4, 0.5) is 0 Å². The van der Waals surface area contributed by atoms with E-state index in [1.54, 1.807) is 0 Å². The summed E-state index contributed by atoms with van der Waals surface area (Å²) in [5, 5.41) is 27.7. The van der Waals surface area contributed by atoms with Gasteiger partial charge in [0.15, 0.2) is 0 Å². The van der Waals surface area contributed by atoms with Crippen LogP contribution in [-0.2, 0) is 34.2 Å². The number of benzene rings is 9. The van der Waals surface area contributed by atoms with Crippen LogP contribution in [0.5, 0.6) is 51.7 Å². The third-order valence-corrected chi connectivity index (χ3v) is 18.6. The van der Waals surface area contributed by atoms with Gasteiger partial charge in [0.05, 0.1) is 39.1 Å². The smallest absolute Gasteiger partial charge is 0.304 e. The first-order valence-electron chi connectivity index (χ1n) is 36.2. The Labute approximate surface area is 617 Å². The molecule has 3 N–H and O–H groups in total. The second-order valence-corrected chi connectivity index (χ2v) is 27.0. The Bertz CT molecular complexity index is 4040. The summed E-state index contributed by atoms with van der Waals surface area (Å²) in [6.07, 6.45) is 6.43. The molecule has 546 valence electrons. The average molecular weight is 1420 g/mol. The van der Waals surface area contributed by atoms with Gasteiger partial charge in [-0.1, -0.05) is 186 Å². The molecule has 0 aliphatic carbocycles. The minimum atomic E-state index is -0.849. The summed E-state index contributed by atoms with van der Waals surface area (Å²) in [6.45, 7) is 29.0. The van der Waals surface area contributed by atoms with Crippen LogP contribution in [0.3, 0.4) is 0 Å². The number of hydrogen-bond acceptors (Lipinski definition) is 12. The van der Waals surface area contributed by atoms with Gasteiger partial charge in [0.1, 0.15) is 91.4 Å². The third-order valence-electron chi connectivity index (χ3n) is 18.6. The zero-order valence-corrected chi connectivity index (χ0v) is 61.1. The number of aliphatic carboxylic acids is 3. The highest BCUT2D eigenvalue weighted by molar-refractivity contribution is 5.75. The van der Waals surface area contributed by atoms with Crippen molar-refractivity contribution in [3.8, 4) is 85.1 Å². The molecule has 3 aliphatic rings. The molecule has 105 heavy (non-hydrogen) atoms. The van der Waals surface area contributed by atoms with E-state index in [0.717, 1.165) is 139 Å². The van der Waals surface area contributed by atoms with E-state index in [4.69, 9.17) is 42.6 Å². The topological polar surface area (TPSA) is 195 Å². The summed E-state index contributed by atoms with van der Waals surface area (Å²) in [5.41, 5.74) is 18.2. The Morgan fingerprint density at radius 1 is 0.362 bits per heavy atom. The fourth-order valence-corrected chi connectivity index (χ4v) is 12.6. The molecule has 9 aromatic carbocycles. The molecule has 0 fully saturated rings. The maximum absolute atomic E-state index is 11.2. The second-order valence-electron chi connectivity index (χ2n) is 27.0. The Hall–Kier alpha value is -11.2. The molecule has 12 rings (SSSR count). The molecule has 0 bridgehead atoms. The molecule has 1 unspecified atom stereocenters. The number of carboxylic acids is 3. The second kappa shape index (κ2) is 37.3. The molecular formula is C90H96O15. The minimum absolute atomic E-state index is 0.00798. The number of hydrogen-bond donors (Lipinski definition) is 3. The fraction of sp³-hybridized carbons (Fsp3) is 0.300. The number of unbranched alkanes of at least 4 members (excludes halogenated alkanes) is 3. The Balaban J connectivity index is 0.000000169. The molecule has 0 aromatic heterocycles. The van der Waals surface area contributed by atoms with E-state index in [0.29, 0.717) is 94.0 Å². The third kappa shape index (κ3) is 21.2. The molecule has 15 nitrogen and oxygen atoms in total. The van der Waals surface area contributed by atoms with Crippen molar-refractivity contribution < 1.29 is 72.3 Å². The van der Waals surface area contributed by atoms with E-state index >= 15 is 0 Å². The number of aryl methyl sites for hydroxylation is 3. The van der Waals surface area contributed by atoms with Gasteiger partial charge in [-0.3, -0.25) is 14.4 Å². The van der Waals surface area contributed by atoms with Gasteiger partial charge in [-0.15, -0.1) is 0 Å². The first-order chi connectivity index (χ1) is 50.8. The van der Waals surface area contributed by atoms with Crippen LogP contribution in [-0.4, -0.2) is 72.9 Å². The largest absolute Gasteiger partial charge is 0.493 e. The van der Waals surface area contributed by atoms with E-state index in [-0.39, 0.29) is 37.0 Å². The summed E-state index contributed by atoms with van der Waals surface area (Å²) in [6, 6.07) is 60.5. The summed E-state index contributed by atoms with van der Waals surface area (Å²) >= 11 is 0. The van der Waals surface area contributed by atoms with E-state index < -0.39 is 17.9 Å². The molecule has 3 atom stereocenters. The van der Waals surface area contributed by atoms with Crippen LogP contribution >= 0.6 is 0 Å². The van der Waals surface area contributed by atoms with Crippen molar-refractivity contribution in [2.24, 2.45) is 0 Å². The number of rotatable bonds is 30. The maximum atomic E-state index is 11.2. The van der Waals surface area contributed by atoms with Gasteiger partial charge >= 0.3 is 17.9 Å². The summed E-state index contributed by atoms with van der Waals surface area (Å²) in [7, 11) is 0. The van der Waals surface area contributed by atoms with Crippen molar-refractivity contribution in [2.75, 3.05) is 39.6 Å². The predicted molar refractivity (Wildman–Crippen MR) is 412 cm³/mol. The summed E-state index contributed by atoms with van der Waals surface area (Å²) < 4.78 is 53.5. The van der Waals surface area contributed by atoms with Crippen molar-refractivity contribution in [2.45, 2.75) is 137 Å². The van der Waals surface area contributed by atoms with Crippen molar-refractivity contribution in [1.82, 2.24) is 0 Å². The molecule has 3 heterocycles. The molecule has 9 aromatic rings. The van der Waals surface area contributed by atoms with Crippen molar-refractivity contribution in [3.05, 3.63) is 269 Å². The SMILES string of the molecule is C=C1COc2cc(OCc3ccc(-c4cc(C)ccc4OCCCC)cc3)ccc2C1CC(=O)O.C=C1COc2cc(OCc3ccc(-c4cc(C)ccc4OCCCC)cc3)ccc2[C@@H]1CC(=O)O.C=C1COc2cc(OCc3ccc(-c4cc(C)ccc4OCCCC)cc3)ccc2[C@H]1CC(=O)O. The van der Waals surface area contributed by atoms with Crippen LogP contribution in [0.25, 0.3) is 33.4 Å². The average Bonchev–Trinajstić information content (AvgIpc) is 0.800.